The van der Waals surface area contributed by atoms with Gasteiger partial charge in [0.2, 0.25) is 5.91 Å². The Morgan fingerprint density at radius 1 is 1.28 bits per heavy atom. The first kappa shape index (κ1) is 17.0. The molecule has 1 fully saturated rings. The van der Waals surface area contributed by atoms with E-state index in [2.05, 4.69) is 0 Å². The van der Waals surface area contributed by atoms with Gasteiger partial charge < -0.3 is 14.2 Å². The van der Waals surface area contributed by atoms with E-state index >= 15 is 0 Å². The van der Waals surface area contributed by atoms with Crippen LogP contribution in [0.25, 0.3) is 0 Å². The summed E-state index contributed by atoms with van der Waals surface area (Å²) in [5, 5.41) is 11.2. The molecule has 1 amide bonds. The number of furan rings is 1. The first-order valence-electron chi connectivity index (χ1n) is 8.32. The van der Waals surface area contributed by atoms with Crippen molar-refractivity contribution < 1.29 is 14.1 Å². The number of anilines is 1. The van der Waals surface area contributed by atoms with Gasteiger partial charge in [0.25, 0.3) is 5.69 Å². The van der Waals surface area contributed by atoms with Crippen molar-refractivity contribution in [2.45, 2.75) is 19.4 Å². The van der Waals surface area contributed by atoms with Gasteiger partial charge >= 0.3 is 0 Å². The zero-order valence-electron chi connectivity index (χ0n) is 14.1. The molecule has 0 bridgehead atoms. The summed E-state index contributed by atoms with van der Waals surface area (Å²) >= 11 is 0. The van der Waals surface area contributed by atoms with Crippen molar-refractivity contribution in [3.05, 3.63) is 58.5 Å². The molecule has 2 heterocycles. The first-order chi connectivity index (χ1) is 12.1. The zero-order valence-corrected chi connectivity index (χ0v) is 14.1. The van der Waals surface area contributed by atoms with E-state index in [0.29, 0.717) is 38.2 Å². The van der Waals surface area contributed by atoms with E-state index in [0.717, 1.165) is 5.76 Å². The van der Waals surface area contributed by atoms with E-state index in [1.165, 1.54) is 6.07 Å². The van der Waals surface area contributed by atoms with Crippen LogP contribution in [0.4, 0.5) is 11.4 Å². The van der Waals surface area contributed by atoms with E-state index < -0.39 is 0 Å². The van der Waals surface area contributed by atoms with E-state index in [1.807, 2.05) is 11.0 Å². The lowest BCUT2D eigenvalue weighted by Gasteiger charge is -2.34. The maximum atomic E-state index is 12.6. The molecule has 3 rings (SSSR count). The number of amides is 1. The number of carbonyl (C=O) groups is 1. The highest BCUT2D eigenvalue weighted by Gasteiger charge is 2.29. The molecule has 0 radical (unpaired) electrons. The molecule has 1 aromatic carbocycles. The molecule has 2 aromatic rings. The van der Waals surface area contributed by atoms with Gasteiger partial charge in [0.1, 0.15) is 11.4 Å². The number of nitro groups is 1. The average Bonchev–Trinajstić information content (AvgIpc) is 3.14. The van der Waals surface area contributed by atoms with Crippen LogP contribution in [0.15, 0.2) is 47.1 Å². The number of piperidine rings is 1. The second-order valence-corrected chi connectivity index (χ2v) is 6.28. The Bertz CT molecular complexity index is 737. The Labute approximate surface area is 146 Å². The fraction of sp³-hybridized carbons (Fsp3) is 0.389. The highest BCUT2D eigenvalue weighted by atomic mass is 16.6. The first-order valence-corrected chi connectivity index (χ1v) is 8.32. The van der Waals surface area contributed by atoms with Crippen LogP contribution in [0.1, 0.15) is 18.6 Å². The Balaban J connectivity index is 1.60. The van der Waals surface area contributed by atoms with E-state index in [9.17, 15) is 14.9 Å². The van der Waals surface area contributed by atoms with Crippen molar-refractivity contribution in [3.63, 3.8) is 0 Å². The highest BCUT2D eigenvalue weighted by molar-refractivity contribution is 5.79. The summed E-state index contributed by atoms with van der Waals surface area (Å²) in [6.45, 7) is 1.72. The Kier molecular flexibility index (Phi) is 5.02. The van der Waals surface area contributed by atoms with Crippen LogP contribution in [-0.2, 0) is 11.3 Å². The average molecular weight is 343 g/mol. The van der Waals surface area contributed by atoms with Crippen LogP contribution >= 0.6 is 0 Å². The van der Waals surface area contributed by atoms with Gasteiger partial charge in [-0.1, -0.05) is 12.1 Å². The zero-order chi connectivity index (χ0) is 17.8. The SMILES string of the molecule is CN(Cc1ccco1)C(=O)C1CCN(c2ccccc2[N+](=O)[O-])CC1. The third-order valence-electron chi connectivity index (χ3n) is 4.61. The van der Waals surface area contributed by atoms with Crippen LogP contribution in [-0.4, -0.2) is 35.9 Å². The molecule has 1 aliphatic heterocycles. The number of hydrogen-bond donors (Lipinski definition) is 0. The quantitative estimate of drug-likeness (QED) is 0.616. The van der Waals surface area contributed by atoms with Crippen LogP contribution in [0.3, 0.4) is 0 Å². The van der Waals surface area contributed by atoms with Gasteiger partial charge in [-0.25, -0.2) is 0 Å². The third-order valence-corrected chi connectivity index (χ3v) is 4.61. The largest absolute Gasteiger partial charge is 0.467 e. The fourth-order valence-corrected chi connectivity index (χ4v) is 3.28. The molecular weight excluding hydrogens is 322 g/mol. The minimum absolute atomic E-state index is 0.0565. The summed E-state index contributed by atoms with van der Waals surface area (Å²) in [7, 11) is 1.78. The van der Waals surface area contributed by atoms with E-state index in [1.54, 1.807) is 42.5 Å². The molecule has 0 saturated carbocycles. The maximum Gasteiger partial charge on any atom is 0.292 e. The molecule has 1 aliphatic rings. The minimum atomic E-state index is -0.357. The Morgan fingerprint density at radius 2 is 2.00 bits per heavy atom. The van der Waals surface area contributed by atoms with Gasteiger partial charge in [0.05, 0.1) is 17.7 Å². The third kappa shape index (κ3) is 3.81. The molecule has 0 aliphatic carbocycles. The monoisotopic (exact) mass is 343 g/mol. The van der Waals surface area contributed by atoms with Gasteiger partial charge in [-0.05, 0) is 31.0 Å². The number of para-hydroxylation sites is 2. The van der Waals surface area contributed by atoms with Crippen molar-refractivity contribution in [2.75, 3.05) is 25.0 Å². The van der Waals surface area contributed by atoms with E-state index in [-0.39, 0.29) is 22.4 Å². The second-order valence-electron chi connectivity index (χ2n) is 6.28. The van der Waals surface area contributed by atoms with Crippen molar-refractivity contribution >= 4 is 17.3 Å². The molecule has 1 aromatic heterocycles. The van der Waals surface area contributed by atoms with Gasteiger partial charge in [-0.3, -0.25) is 14.9 Å². The molecule has 7 heteroatoms. The van der Waals surface area contributed by atoms with Crippen molar-refractivity contribution in [2.24, 2.45) is 5.92 Å². The summed E-state index contributed by atoms with van der Waals surface area (Å²) in [4.78, 5) is 27.1. The minimum Gasteiger partial charge on any atom is -0.467 e. The smallest absolute Gasteiger partial charge is 0.292 e. The van der Waals surface area contributed by atoms with Crippen LogP contribution in [0.2, 0.25) is 0 Å². The predicted octanol–water partition coefficient (Wildman–Crippen LogP) is 3.06. The fourth-order valence-electron chi connectivity index (χ4n) is 3.28. The predicted molar refractivity (Wildman–Crippen MR) is 93.2 cm³/mol. The summed E-state index contributed by atoms with van der Waals surface area (Å²) in [6, 6.07) is 10.4. The lowest BCUT2D eigenvalue weighted by atomic mass is 9.95. The van der Waals surface area contributed by atoms with Gasteiger partial charge in [0, 0.05) is 32.1 Å². The molecule has 0 spiro atoms. The van der Waals surface area contributed by atoms with Gasteiger partial charge in [-0.2, -0.15) is 0 Å². The number of rotatable bonds is 5. The van der Waals surface area contributed by atoms with Crippen molar-refractivity contribution in [3.8, 4) is 0 Å². The number of benzene rings is 1. The number of nitrogens with zero attached hydrogens (tertiary/aromatic N) is 3. The molecule has 0 unspecified atom stereocenters. The number of nitro benzene ring substituents is 1. The number of carbonyl (C=O) groups excluding carboxylic acids is 1. The summed E-state index contributed by atoms with van der Waals surface area (Å²) in [6.07, 6.45) is 2.97. The van der Waals surface area contributed by atoms with Crippen molar-refractivity contribution in [1.82, 2.24) is 4.90 Å². The second kappa shape index (κ2) is 7.38. The topological polar surface area (TPSA) is 79.8 Å². The normalized spacial score (nSPS) is 15.2. The van der Waals surface area contributed by atoms with Gasteiger partial charge in [0.15, 0.2) is 0 Å². The molecule has 0 atom stereocenters. The molecule has 1 saturated heterocycles. The van der Waals surface area contributed by atoms with Crippen molar-refractivity contribution in [1.29, 1.82) is 0 Å². The standard InChI is InChI=1S/C18H21N3O4/c1-19(13-15-5-4-12-25-15)18(22)14-8-10-20(11-9-14)16-6-2-3-7-17(16)21(23)24/h2-7,12,14H,8-11,13H2,1H3. The lowest BCUT2D eigenvalue weighted by molar-refractivity contribution is -0.384. The summed E-state index contributed by atoms with van der Waals surface area (Å²) in [5.41, 5.74) is 0.740. The number of hydrogen-bond acceptors (Lipinski definition) is 5. The van der Waals surface area contributed by atoms with E-state index in [4.69, 9.17) is 4.42 Å². The van der Waals surface area contributed by atoms with Crippen LogP contribution < -0.4 is 4.90 Å². The van der Waals surface area contributed by atoms with Gasteiger partial charge in [-0.15, -0.1) is 0 Å². The van der Waals surface area contributed by atoms with Crippen LogP contribution in [0, 0.1) is 16.0 Å². The Morgan fingerprint density at radius 3 is 2.64 bits per heavy atom. The molecule has 7 nitrogen and oxygen atoms in total. The molecule has 132 valence electrons. The molecule has 0 N–H and O–H groups in total. The molecular formula is C18H21N3O4. The maximum absolute atomic E-state index is 12.6. The Hall–Kier alpha value is -2.83. The lowest BCUT2D eigenvalue weighted by Crippen LogP contribution is -2.41. The van der Waals surface area contributed by atoms with Crippen LogP contribution in [0.5, 0.6) is 0 Å². The molecule has 25 heavy (non-hydrogen) atoms. The summed E-state index contributed by atoms with van der Waals surface area (Å²) < 4.78 is 5.29. The highest BCUT2D eigenvalue weighted by Crippen LogP contribution is 2.31. The summed E-state index contributed by atoms with van der Waals surface area (Å²) in [5.74, 6) is 0.797.